The summed E-state index contributed by atoms with van der Waals surface area (Å²) in [5.41, 5.74) is 3.84. The molecule has 1 aliphatic rings. The van der Waals surface area contributed by atoms with Gasteiger partial charge in [-0.15, -0.1) is 0 Å². The first-order chi connectivity index (χ1) is 9.56. The molecule has 2 heterocycles. The quantitative estimate of drug-likeness (QED) is 0.911. The average molecular weight is 275 g/mol. The first-order valence-electron chi connectivity index (χ1n) is 8.00. The summed E-state index contributed by atoms with van der Waals surface area (Å²) in [5.74, 6) is 0.861. The number of hydrogen-bond acceptors (Lipinski definition) is 3. The van der Waals surface area contributed by atoms with E-state index >= 15 is 0 Å². The zero-order valence-electron chi connectivity index (χ0n) is 13.4. The van der Waals surface area contributed by atoms with Crippen molar-refractivity contribution in [2.24, 2.45) is 5.92 Å². The second kappa shape index (κ2) is 7.07. The molecule has 0 radical (unpaired) electrons. The van der Waals surface area contributed by atoms with Crippen LogP contribution in [0.25, 0.3) is 0 Å². The van der Waals surface area contributed by atoms with Gasteiger partial charge in [0.05, 0.1) is 0 Å². The van der Waals surface area contributed by atoms with Crippen molar-refractivity contribution in [2.45, 2.75) is 59.5 Å². The highest BCUT2D eigenvalue weighted by molar-refractivity contribution is 5.53. The molecule has 112 valence electrons. The minimum Gasteiger partial charge on any atom is -0.371 e. The van der Waals surface area contributed by atoms with Gasteiger partial charge in [0.25, 0.3) is 0 Å². The Bertz CT molecular complexity index is 428. The number of anilines is 1. The number of rotatable bonds is 4. The van der Waals surface area contributed by atoms with Gasteiger partial charge in [0, 0.05) is 48.8 Å². The van der Waals surface area contributed by atoms with Crippen LogP contribution in [0.4, 0.5) is 5.69 Å². The molecule has 1 N–H and O–H groups in total. The maximum Gasteiger partial charge on any atom is 0.0445 e. The van der Waals surface area contributed by atoms with Crippen molar-refractivity contribution in [3.05, 3.63) is 23.5 Å². The third kappa shape index (κ3) is 4.20. The van der Waals surface area contributed by atoms with Crippen LogP contribution < -0.4 is 10.2 Å². The van der Waals surface area contributed by atoms with Crippen molar-refractivity contribution < 1.29 is 0 Å². The Hall–Kier alpha value is -1.09. The molecule has 0 bridgehead atoms. The lowest BCUT2D eigenvalue weighted by molar-refractivity contribution is 0.521. The fourth-order valence-electron chi connectivity index (χ4n) is 2.82. The van der Waals surface area contributed by atoms with Gasteiger partial charge < -0.3 is 10.2 Å². The second-order valence-corrected chi connectivity index (χ2v) is 6.51. The first kappa shape index (κ1) is 15.3. The van der Waals surface area contributed by atoms with E-state index in [4.69, 9.17) is 0 Å². The molecule has 0 spiro atoms. The predicted octanol–water partition coefficient (Wildman–Crippen LogP) is 3.51. The standard InChI is InChI=1S/C17H29N3/c1-13(2)18-11-16-12-19-15(4)10-17(16)20-8-5-6-14(3)7-9-20/h10,12-14,18H,5-9,11H2,1-4H3. The smallest absolute Gasteiger partial charge is 0.0445 e. The van der Waals surface area contributed by atoms with E-state index in [1.54, 1.807) is 0 Å². The Morgan fingerprint density at radius 1 is 1.35 bits per heavy atom. The van der Waals surface area contributed by atoms with E-state index in [1.165, 1.54) is 43.6 Å². The van der Waals surface area contributed by atoms with E-state index in [-0.39, 0.29) is 0 Å². The Kier molecular flexibility index (Phi) is 5.41. The highest BCUT2D eigenvalue weighted by Gasteiger charge is 2.17. The summed E-state index contributed by atoms with van der Waals surface area (Å²) in [6, 6.07) is 2.76. The van der Waals surface area contributed by atoms with Gasteiger partial charge in [-0.25, -0.2) is 0 Å². The molecule has 0 saturated carbocycles. The molecule has 1 aromatic heterocycles. The normalized spacial score (nSPS) is 20.2. The summed E-state index contributed by atoms with van der Waals surface area (Å²) in [6.45, 7) is 12.1. The van der Waals surface area contributed by atoms with Gasteiger partial charge in [0.15, 0.2) is 0 Å². The van der Waals surface area contributed by atoms with Gasteiger partial charge in [-0.1, -0.05) is 20.8 Å². The Morgan fingerprint density at radius 2 is 2.15 bits per heavy atom. The van der Waals surface area contributed by atoms with Crippen LogP contribution in [0, 0.1) is 12.8 Å². The lowest BCUT2D eigenvalue weighted by Gasteiger charge is -2.26. The molecule has 3 heteroatoms. The summed E-state index contributed by atoms with van der Waals surface area (Å²) in [5, 5.41) is 3.52. The summed E-state index contributed by atoms with van der Waals surface area (Å²) in [6.07, 6.45) is 6.02. The topological polar surface area (TPSA) is 28.2 Å². The molecule has 1 unspecified atom stereocenters. The Morgan fingerprint density at radius 3 is 2.90 bits per heavy atom. The van der Waals surface area contributed by atoms with Crippen molar-refractivity contribution in [2.75, 3.05) is 18.0 Å². The van der Waals surface area contributed by atoms with Gasteiger partial charge in [0.2, 0.25) is 0 Å². The van der Waals surface area contributed by atoms with E-state index in [0.717, 1.165) is 18.2 Å². The average Bonchev–Trinajstić information content (AvgIpc) is 2.62. The van der Waals surface area contributed by atoms with Crippen molar-refractivity contribution in [3.63, 3.8) is 0 Å². The van der Waals surface area contributed by atoms with Crippen molar-refractivity contribution in [1.82, 2.24) is 10.3 Å². The van der Waals surface area contributed by atoms with Crippen molar-refractivity contribution >= 4 is 5.69 Å². The van der Waals surface area contributed by atoms with Crippen molar-refractivity contribution in [3.8, 4) is 0 Å². The lowest BCUT2D eigenvalue weighted by atomic mass is 10.0. The van der Waals surface area contributed by atoms with Crippen LogP contribution in [-0.4, -0.2) is 24.1 Å². The maximum absolute atomic E-state index is 4.48. The molecule has 1 saturated heterocycles. The number of pyridine rings is 1. The van der Waals surface area contributed by atoms with Crippen LogP contribution in [0.5, 0.6) is 0 Å². The van der Waals surface area contributed by atoms with Crippen LogP contribution in [-0.2, 0) is 6.54 Å². The molecule has 1 aromatic rings. The van der Waals surface area contributed by atoms with Gasteiger partial charge in [-0.05, 0) is 38.2 Å². The monoisotopic (exact) mass is 275 g/mol. The highest BCUT2D eigenvalue weighted by Crippen LogP contribution is 2.26. The molecule has 1 atom stereocenters. The summed E-state index contributed by atoms with van der Waals surface area (Å²) in [7, 11) is 0. The van der Waals surface area contributed by atoms with E-state index in [0.29, 0.717) is 6.04 Å². The van der Waals surface area contributed by atoms with E-state index in [9.17, 15) is 0 Å². The SMILES string of the molecule is Cc1cc(N2CCCC(C)CC2)c(CNC(C)C)cn1. The zero-order valence-corrected chi connectivity index (χ0v) is 13.4. The molecule has 0 aliphatic carbocycles. The first-order valence-corrected chi connectivity index (χ1v) is 8.00. The molecule has 0 amide bonds. The molecule has 1 fully saturated rings. The van der Waals surface area contributed by atoms with Gasteiger partial charge in [-0.3, -0.25) is 4.98 Å². The van der Waals surface area contributed by atoms with Crippen LogP contribution in [0.1, 0.15) is 51.3 Å². The fraction of sp³-hybridized carbons (Fsp3) is 0.706. The van der Waals surface area contributed by atoms with Crippen LogP contribution in [0.3, 0.4) is 0 Å². The molecule has 0 aromatic carbocycles. The predicted molar refractivity (Wildman–Crippen MR) is 86.2 cm³/mol. The largest absolute Gasteiger partial charge is 0.371 e. The Balaban J connectivity index is 2.17. The second-order valence-electron chi connectivity index (χ2n) is 6.51. The van der Waals surface area contributed by atoms with Gasteiger partial charge in [-0.2, -0.15) is 0 Å². The molecule has 2 rings (SSSR count). The van der Waals surface area contributed by atoms with Gasteiger partial charge >= 0.3 is 0 Å². The summed E-state index contributed by atoms with van der Waals surface area (Å²) in [4.78, 5) is 7.05. The number of aromatic nitrogens is 1. The summed E-state index contributed by atoms with van der Waals surface area (Å²) < 4.78 is 0. The molecular formula is C17H29N3. The molecule has 1 aliphatic heterocycles. The number of aryl methyl sites for hydroxylation is 1. The van der Waals surface area contributed by atoms with E-state index < -0.39 is 0 Å². The molecule has 20 heavy (non-hydrogen) atoms. The third-order valence-corrected chi connectivity index (χ3v) is 4.16. The lowest BCUT2D eigenvalue weighted by Crippen LogP contribution is -2.28. The minimum absolute atomic E-state index is 0.508. The highest BCUT2D eigenvalue weighted by atomic mass is 15.1. The summed E-state index contributed by atoms with van der Waals surface area (Å²) >= 11 is 0. The van der Waals surface area contributed by atoms with Crippen LogP contribution in [0.15, 0.2) is 12.3 Å². The van der Waals surface area contributed by atoms with E-state index in [2.05, 4.69) is 49.0 Å². The number of hydrogen-bond donors (Lipinski definition) is 1. The number of nitrogens with zero attached hydrogens (tertiary/aromatic N) is 2. The molecular weight excluding hydrogens is 246 g/mol. The molecule has 3 nitrogen and oxygen atoms in total. The van der Waals surface area contributed by atoms with Crippen LogP contribution in [0.2, 0.25) is 0 Å². The third-order valence-electron chi connectivity index (χ3n) is 4.16. The Labute approximate surface area is 123 Å². The number of nitrogens with one attached hydrogen (secondary N) is 1. The zero-order chi connectivity index (χ0) is 14.5. The maximum atomic E-state index is 4.48. The van der Waals surface area contributed by atoms with Crippen molar-refractivity contribution in [1.29, 1.82) is 0 Å². The van der Waals surface area contributed by atoms with Crippen LogP contribution >= 0.6 is 0 Å². The minimum atomic E-state index is 0.508. The van der Waals surface area contributed by atoms with Gasteiger partial charge in [0.1, 0.15) is 0 Å². The van der Waals surface area contributed by atoms with E-state index in [1.807, 2.05) is 6.20 Å². The fourth-order valence-corrected chi connectivity index (χ4v) is 2.82.